The quantitative estimate of drug-likeness (QED) is 0.653. The van der Waals surface area contributed by atoms with Crippen LogP contribution in [-0.2, 0) is 6.42 Å². The number of pyridine rings is 1. The van der Waals surface area contributed by atoms with Gasteiger partial charge in [-0.25, -0.2) is 0 Å². The Kier molecular flexibility index (Phi) is 1.93. The Bertz CT molecular complexity index is 494. The van der Waals surface area contributed by atoms with Crippen molar-refractivity contribution in [2.24, 2.45) is 0 Å². The van der Waals surface area contributed by atoms with Crippen LogP contribution < -0.4 is 5.56 Å². The molecule has 1 aromatic rings. The van der Waals surface area contributed by atoms with Gasteiger partial charge < -0.3 is 4.98 Å². The molecule has 0 saturated heterocycles. The zero-order valence-electron chi connectivity index (χ0n) is 7.46. The lowest BCUT2D eigenvalue weighted by atomic mass is 9.89. The molecule has 0 fully saturated rings. The molecule has 2 rings (SSSR count). The van der Waals surface area contributed by atoms with Crippen LogP contribution in [-0.4, -0.2) is 10.8 Å². The van der Waals surface area contributed by atoms with Crippen LogP contribution in [0.1, 0.15) is 34.3 Å². The number of rotatable bonds is 0. The first-order chi connectivity index (χ1) is 6.74. The summed E-state index contributed by atoms with van der Waals surface area (Å²) in [6.07, 6.45) is 3.29. The van der Waals surface area contributed by atoms with Crippen LogP contribution in [0.5, 0.6) is 0 Å². The minimum absolute atomic E-state index is 0.0130. The minimum atomic E-state index is -0.402. The number of fused-ring (bicyclic) bond motifs is 1. The number of carbonyl (C=O) groups is 1. The summed E-state index contributed by atoms with van der Waals surface area (Å²) in [4.78, 5) is 25.1. The molecule has 70 valence electrons. The van der Waals surface area contributed by atoms with E-state index < -0.39 is 5.56 Å². The SMILES string of the molecule is N#Cc1c2c(c[nH]c1=O)C(=O)CCC2. The van der Waals surface area contributed by atoms with Gasteiger partial charge in [-0.05, 0) is 18.4 Å². The summed E-state index contributed by atoms with van der Waals surface area (Å²) in [6.45, 7) is 0. The number of nitriles is 1. The average Bonchev–Trinajstić information content (AvgIpc) is 2.18. The molecule has 4 nitrogen and oxygen atoms in total. The summed E-state index contributed by atoms with van der Waals surface area (Å²) in [5, 5.41) is 8.78. The summed E-state index contributed by atoms with van der Waals surface area (Å²) in [6, 6.07) is 1.85. The summed E-state index contributed by atoms with van der Waals surface area (Å²) in [5.74, 6) is 0.0130. The van der Waals surface area contributed by atoms with Gasteiger partial charge in [-0.3, -0.25) is 9.59 Å². The number of aromatic amines is 1. The number of hydrogen-bond acceptors (Lipinski definition) is 3. The lowest BCUT2D eigenvalue weighted by Crippen LogP contribution is -2.20. The highest BCUT2D eigenvalue weighted by atomic mass is 16.1. The van der Waals surface area contributed by atoms with Gasteiger partial charge in [0.05, 0.1) is 0 Å². The van der Waals surface area contributed by atoms with Gasteiger partial charge in [0.25, 0.3) is 5.56 Å². The van der Waals surface area contributed by atoms with Gasteiger partial charge in [-0.2, -0.15) is 5.26 Å². The number of ketones is 1. The Morgan fingerprint density at radius 2 is 2.14 bits per heavy atom. The Morgan fingerprint density at radius 3 is 2.86 bits per heavy atom. The van der Waals surface area contributed by atoms with Crippen LogP contribution >= 0.6 is 0 Å². The molecule has 0 amide bonds. The molecule has 1 heterocycles. The fourth-order valence-corrected chi connectivity index (χ4v) is 1.76. The van der Waals surface area contributed by atoms with Crippen molar-refractivity contribution in [1.29, 1.82) is 5.26 Å². The summed E-state index contributed by atoms with van der Waals surface area (Å²) in [7, 11) is 0. The van der Waals surface area contributed by atoms with Crippen LogP contribution in [0.4, 0.5) is 0 Å². The number of aromatic nitrogens is 1. The number of Topliss-reactive ketones (excluding diaryl/α,β-unsaturated/α-hetero) is 1. The monoisotopic (exact) mass is 188 g/mol. The van der Waals surface area contributed by atoms with Crippen molar-refractivity contribution in [3.05, 3.63) is 33.2 Å². The third kappa shape index (κ3) is 1.14. The number of carbonyl (C=O) groups excluding carboxylic acids is 1. The molecule has 0 atom stereocenters. The highest BCUT2D eigenvalue weighted by Gasteiger charge is 2.21. The van der Waals surface area contributed by atoms with Crippen molar-refractivity contribution in [2.75, 3.05) is 0 Å². The molecular weight excluding hydrogens is 180 g/mol. The molecule has 0 unspecified atom stereocenters. The van der Waals surface area contributed by atoms with Crippen LogP contribution in [0.3, 0.4) is 0 Å². The Hall–Kier alpha value is -1.89. The first-order valence-corrected chi connectivity index (χ1v) is 4.42. The summed E-state index contributed by atoms with van der Waals surface area (Å²) in [5.41, 5.74) is 0.816. The standard InChI is InChI=1S/C10H8N2O2/c11-4-7-6-2-1-3-9(13)8(6)5-12-10(7)14/h5H,1-3H2,(H,12,14). The smallest absolute Gasteiger partial charge is 0.266 e. The maximum Gasteiger partial charge on any atom is 0.266 e. The van der Waals surface area contributed by atoms with Crippen LogP contribution in [0.2, 0.25) is 0 Å². The second kappa shape index (κ2) is 3.11. The predicted molar refractivity (Wildman–Crippen MR) is 49.0 cm³/mol. The van der Waals surface area contributed by atoms with Gasteiger partial charge >= 0.3 is 0 Å². The molecule has 4 heteroatoms. The van der Waals surface area contributed by atoms with E-state index in [0.717, 1.165) is 6.42 Å². The van der Waals surface area contributed by atoms with E-state index in [1.54, 1.807) is 0 Å². The average molecular weight is 188 g/mol. The van der Waals surface area contributed by atoms with Gasteiger partial charge in [0.2, 0.25) is 0 Å². The van der Waals surface area contributed by atoms with E-state index in [0.29, 0.717) is 24.0 Å². The fourth-order valence-electron chi connectivity index (χ4n) is 1.76. The van der Waals surface area contributed by atoms with E-state index in [9.17, 15) is 9.59 Å². The van der Waals surface area contributed by atoms with E-state index in [1.807, 2.05) is 6.07 Å². The van der Waals surface area contributed by atoms with Crippen molar-refractivity contribution in [3.8, 4) is 6.07 Å². The lowest BCUT2D eigenvalue weighted by molar-refractivity contribution is 0.0972. The van der Waals surface area contributed by atoms with Crippen LogP contribution in [0, 0.1) is 11.3 Å². The van der Waals surface area contributed by atoms with Crippen molar-refractivity contribution in [3.63, 3.8) is 0 Å². The van der Waals surface area contributed by atoms with Crippen molar-refractivity contribution < 1.29 is 4.79 Å². The fraction of sp³-hybridized carbons (Fsp3) is 0.300. The van der Waals surface area contributed by atoms with Gasteiger partial charge in [0, 0.05) is 18.2 Å². The molecule has 0 aliphatic heterocycles. The molecule has 0 aromatic carbocycles. The van der Waals surface area contributed by atoms with E-state index in [-0.39, 0.29) is 11.3 Å². The molecule has 0 spiro atoms. The molecule has 14 heavy (non-hydrogen) atoms. The van der Waals surface area contributed by atoms with Gasteiger partial charge in [0.15, 0.2) is 5.78 Å². The zero-order valence-corrected chi connectivity index (χ0v) is 7.46. The minimum Gasteiger partial charge on any atom is -0.327 e. The molecule has 0 saturated carbocycles. The molecule has 1 N–H and O–H groups in total. The normalized spacial score (nSPS) is 14.6. The maximum atomic E-state index is 11.4. The molecular formula is C10H8N2O2. The third-order valence-corrected chi connectivity index (χ3v) is 2.44. The zero-order chi connectivity index (χ0) is 10.1. The van der Waals surface area contributed by atoms with E-state index >= 15 is 0 Å². The molecule has 1 aromatic heterocycles. The third-order valence-electron chi connectivity index (χ3n) is 2.44. The molecule has 1 aliphatic rings. The van der Waals surface area contributed by atoms with Gasteiger partial charge in [-0.15, -0.1) is 0 Å². The number of nitrogens with one attached hydrogen (secondary N) is 1. The van der Waals surface area contributed by atoms with Crippen molar-refractivity contribution in [2.45, 2.75) is 19.3 Å². The first-order valence-electron chi connectivity index (χ1n) is 4.42. The van der Waals surface area contributed by atoms with Crippen molar-refractivity contribution in [1.82, 2.24) is 4.98 Å². The summed E-state index contributed by atoms with van der Waals surface area (Å²) < 4.78 is 0. The van der Waals surface area contributed by atoms with E-state index in [1.165, 1.54) is 6.20 Å². The van der Waals surface area contributed by atoms with Crippen molar-refractivity contribution >= 4 is 5.78 Å². The molecule has 0 radical (unpaired) electrons. The Balaban J connectivity index is 2.75. The predicted octanol–water partition coefficient (Wildman–Crippen LogP) is 0.766. The van der Waals surface area contributed by atoms with Gasteiger partial charge in [-0.1, -0.05) is 0 Å². The van der Waals surface area contributed by atoms with E-state index in [2.05, 4.69) is 4.98 Å². The Labute approximate surface area is 80.2 Å². The Morgan fingerprint density at radius 1 is 1.36 bits per heavy atom. The number of nitrogens with zero attached hydrogens (tertiary/aromatic N) is 1. The second-order valence-electron chi connectivity index (χ2n) is 3.27. The maximum absolute atomic E-state index is 11.4. The largest absolute Gasteiger partial charge is 0.327 e. The van der Waals surface area contributed by atoms with E-state index in [4.69, 9.17) is 5.26 Å². The summed E-state index contributed by atoms with van der Waals surface area (Å²) >= 11 is 0. The number of H-pyrrole nitrogens is 1. The van der Waals surface area contributed by atoms with Crippen LogP contribution in [0.15, 0.2) is 11.0 Å². The first kappa shape index (κ1) is 8.70. The van der Waals surface area contributed by atoms with Crippen LogP contribution in [0.25, 0.3) is 0 Å². The molecule has 0 bridgehead atoms. The second-order valence-corrected chi connectivity index (χ2v) is 3.27. The molecule has 1 aliphatic carbocycles. The topological polar surface area (TPSA) is 73.7 Å². The highest BCUT2D eigenvalue weighted by Crippen LogP contribution is 2.21. The lowest BCUT2D eigenvalue weighted by Gasteiger charge is -2.14. The highest BCUT2D eigenvalue weighted by molar-refractivity contribution is 5.98. The van der Waals surface area contributed by atoms with Gasteiger partial charge in [0.1, 0.15) is 11.6 Å². The number of hydrogen-bond donors (Lipinski definition) is 1.